The van der Waals surface area contributed by atoms with E-state index in [-0.39, 0.29) is 37.2 Å². The predicted octanol–water partition coefficient (Wildman–Crippen LogP) is 5.53. The van der Waals surface area contributed by atoms with E-state index >= 15 is 0 Å². The van der Waals surface area contributed by atoms with Crippen molar-refractivity contribution in [3.8, 4) is 0 Å². The van der Waals surface area contributed by atoms with Crippen LogP contribution in [0, 0.1) is 5.92 Å². The van der Waals surface area contributed by atoms with Crippen molar-refractivity contribution in [2.45, 2.75) is 84.5 Å². The third-order valence-electron chi connectivity index (χ3n) is 5.83. The van der Waals surface area contributed by atoms with Crippen LogP contribution in [0.4, 0.5) is 0 Å². The molecule has 2 atom stereocenters. The van der Waals surface area contributed by atoms with E-state index in [9.17, 15) is 19.2 Å². The van der Waals surface area contributed by atoms with E-state index in [1.54, 1.807) is 20.8 Å². The van der Waals surface area contributed by atoms with E-state index in [1.807, 2.05) is 81.4 Å². The Kier molecular flexibility index (Phi) is 15.1. The fourth-order valence-corrected chi connectivity index (χ4v) is 5.90. The summed E-state index contributed by atoms with van der Waals surface area (Å²) in [6, 6.07) is 18.4. The molecule has 0 spiro atoms. The number of carbonyl (C=O) groups excluding carboxylic acids is 4. The normalized spacial score (nSPS) is 13.0. The zero-order chi connectivity index (χ0) is 31.9. The predicted molar refractivity (Wildman–Crippen MR) is 175 cm³/mol. The van der Waals surface area contributed by atoms with Crippen molar-refractivity contribution in [1.82, 2.24) is 10.6 Å². The molecule has 0 aliphatic heterocycles. The Labute approximate surface area is 264 Å². The molecule has 0 aliphatic carbocycles. The second-order valence-corrected chi connectivity index (χ2v) is 14.9. The van der Waals surface area contributed by atoms with Crippen LogP contribution in [0.2, 0.25) is 0 Å². The van der Waals surface area contributed by atoms with Crippen molar-refractivity contribution >= 4 is 45.3 Å². The van der Waals surface area contributed by atoms with Gasteiger partial charge in [0.1, 0.15) is 17.2 Å². The highest BCUT2D eigenvalue weighted by Gasteiger charge is 2.27. The number of nitrogens with one attached hydrogen (secondary N) is 2. The number of hydrogen-bond acceptors (Lipinski definition) is 8. The van der Waals surface area contributed by atoms with Crippen LogP contribution in [0.15, 0.2) is 60.7 Å². The van der Waals surface area contributed by atoms with Gasteiger partial charge < -0.3 is 20.1 Å². The van der Waals surface area contributed by atoms with Gasteiger partial charge in [-0.1, -0.05) is 82.3 Å². The number of rotatable bonds is 16. The summed E-state index contributed by atoms with van der Waals surface area (Å²) in [6.45, 7) is 11.1. The lowest BCUT2D eigenvalue weighted by Crippen LogP contribution is -2.45. The Morgan fingerprint density at radius 2 is 1.14 bits per heavy atom. The molecule has 0 heterocycles. The average Bonchev–Trinajstić information content (AvgIpc) is 2.91. The standard InChI is InChI=1S/C33H46N2O6S2/c1-32(2,3)40-30(38)26(21-24-13-9-7-10-14-24)23-34-28(36)17-19-42-43-20-18-29(37)35-27(31(39)41-33(4,5)6)22-25-15-11-8-12-16-25/h7-16,26-27H,17-23H2,1-6H3,(H,34,36)(H,35,37)/t26-,27+/m1/s1. The minimum atomic E-state index is -0.776. The molecule has 0 bridgehead atoms. The van der Waals surface area contributed by atoms with E-state index in [0.717, 1.165) is 11.1 Å². The summed E-state index contributed by atoms with van der Waals surface area (Å²) in [7, 11) is 3.00. The van der Waals surface area contributed by atoms with E-state index < -0.39 is 29.1 Å². The smallest absolute Gasteiger partial charge is 0.329 e. The van der Waals surface area contributed by atoms with Crippen LogP contribution >= 0.6 is 21.6 Å². The lowest BCUT2D eigenvalue weighted by Gasteiger charge is -2.24. The zero-order valence-electron chi connectivity index (χ0n) is 26.1. The van der Waals surface area contributed by atoms with Gasteiger partial charge in [0.05, 0.1) is 5.92 Å². The quantitative estimate of drug-likeness (QED) is 0.142. The molecule has 2 N–H and O–H groups in total. The van der Waals surface area contributed by atoms with Gasteiger partial charge >= 0.3 is 11.9 Å². The number of ether oxygens (including phenoxy) is 2. The summed E-state index contributed by atoms with van der Waals surface area (Å²) in [5.41, 5.74) is 0.661. The van der Waals surface area contributed by atoms with Gasteiger partial charge in [0.25, 0.3) is 0 Å². The van der Waals surface area contributed by atoms with Gasteiger partial charge in [0, 0.05) is 37.3 Å². The molecule has 2 rings (SSSR count). The van der Waals surface area contributed by atoms with Gasteiger partial charge in [-0.2, -0.15) is 0 Å². The highest BCUT2D eigenvalue weighted by molar-refractivity contribution is 8.76. The van der Waals surface area contributed by atoms with Crippen LogP contribution in [0.1, 0.15) is 65.5 Å². The largest absolute Gasteiger partial charge is 0.460 e. The van der Waals surface area contributed by atoms with Crippen LogP contribution in [0.25, 0.3) is 0 Å². The number of benzene rings is 2. The van der Waals surface area contributed by atoms with Gasteiger partial charge in [-0.15, -0.1) is 0 Å². The lowest BCUT2D eigenvalue weighted by molar-refractivity contribution is -0.160. The molecule has 2 amide bonds. The fraction of sp³-hybridized carbons (Fsp3) is 0.515. The molecule has 236 valence electrons. The van der Waals surface area contributed by atoms with E-state index in [2.05, 4.69) is 10.6 Å². The average molecular weight is 631 g/mol. The van der Waals surface area contributed by atoms with Crippen LogP contribution in [-0.4, -0.2) is 59.0 Å². The van der Waals surface area contributed by atoms with Gasteiger partial charge in [0.2, 0.25) is 11.8 Å². The molecular weight excluding hydrogens is 585 g/mol. The first-order chi connectivity index (χ1) is 20.2. The summed E-state index contributed by atoms with van der Waals surface area (Å²) in [4.78, 5) is 50.7. The number of hydrogen-bond donors (Lipinski definition) is 2. The Hall–Kier alpha value is -2.98. The molecule has 43 heavy (non-hydrogen) atoms. The number of amides is 2. The third-order valence-corrected chi connectivity index (χ3v) is 8.24. The SMILES string of the molecule is CC(C)(C)OC(=O)[C@@H](CNC(=O)CCSSCCC(=O)N[C@@H](Cc1ccccc1)C(=O)OC(C)(C)C)Cc1ccccc1. The molecule has 2 aromatic carbocycles. The second kappa shape index (κ2) is 18.0. The Morgan fingerprint density at radius 1 is 0.674 bits per heavy atom. The molecule has 2 aromatic rings. The molecule has 0 aliphatic rings. The van der Waals surface area contributed by atoms with Crippen molar-refractivity contribution < 1.29 is 28.7 Å². The van der Waals surface area contributed by atoms with Crippen molar-refractivity contribution in [3.05, 3.63) is 71.8 Å². The molecule has 0 unspecified atom stereocenters. The minimum absolute atomic E-state index is 0.145. The number of esters is 2. The summed E-state index contributed by atoms with van der Waals surface area (Å²) in [5, 5.41) is 5.70. The molecule has 10 heteroatoms. The van der Waals surface area contributed by atoms with Crippen molar-refractivity contribution in [1.29, 1.82) is 0 Å². The van der Waals surface area contributed by atoms with Gasteiger partial charge in [-0.05, 0) is 59.1 Å². The first-order valence-corrected chi connectivity index (χ1v) is 17.0. The summed E-state index contributed by atoms with van der Waals surface area (Å²) in [6.07, 6.45) is 1.34. The fourth-order valence-electron chi connectivity index (χ4n) is 3.92. The molecule has 0 radical (unpaired) electrons. The minimum Gasteiger partial charge on any atom is -0.460 e. The summed E-state index contributed by atoms with van der Waals surface area (Å²) < 4.78 is 11.1. The maximum Gasteiger partial charge on any atom is 0.329 e. The lowest BCUT2D eigenvalue weighted by atomic mass is 9.99. The van der Waals surface area contributed by atoms with Crippen LogP contribution < -0.4 is 10.6 Å². The topological polar surface area (TPSA) is 111 Å². The van der Waals surface area contributed by atoms with Crippen molar-refractivity contribution in [2.75, 3.05) is 18.1 Å². The Balaban J connectivity index is 1.74. The molecule has 8 nitrogen and oxygen atoms in total. The molecule has 0 saturated heterocycles. The molecule has 0 fully saturated rings. The highest BCUT2D eigenvalue weighted by Crippen LogP contribution is 2.23. The number of carbonyl (C=O) groups is 4. The molecular formula is C33H46N2O6S2. The first-order valence-electron chi connectivity index (χ1n) is 14.6. The van der Waals surface area contributed by atoms with Crippen LogP contribution in [-0.2, 0) is 41.5 Å². The first kappa shape index (κ1) is 36.2. The van der Waals surface area contributed by atoms with Crippen LogP contribution in [0.3, 0.4) is 0 Å². The van der Waals surface area contributed by atoms with Crippen molar-refractivity contribution in [3.63, 3.8) is 0 Å². The Bertz CT molecular complexity index is 1160. The molecule has 0 saturated carbocycles. The van der Waals surface area contributed by atoms with E-state index in [0.29, 0.717) is 24.3 Å². The summed E-state index contributed by atoms with van der Waals surface area (Å²) >= 11 is 0. The monoisotopic (exact) mass is 630 g/mol. The maximum absolute atomic E-state index is 12.8. The van der Waals surface area contributed by atoms with Crippen LogP contribution in [0.5, 0.6) is 0 Å². The second-order valence-electron chi connectivity index (χ2n) is 12.2. The summed E-state index contributed by atoms with van der Waals surface area (Å²) in [5.74, 6) is -0.576. The molecule has 0 aromatic heterocycles. The van der Waals surface area contributed by atoms with E-state index in [1.165, 1.54) is 21.6 Å². The van der Waals surface area contributed by atoms with Gasteiger partial charge in [-0.25, -0.2) is 4.79 Å². The Morgan fingerprint density at radius 3 is 1.65 bits per heavy atom. The van der Waals surface area contributed by atoms with Gasteiger partial charge in [0.15, 0.2) is 0 Å². The maximum atomic E-state index is 12.8. The van der Waals surface area contributed by atoms with E-state index in [4.69, 9.17) is 9.47 Å². The van der Waals surface area contributed by atoms with Gasteiger partial charge in [-0.3, -0.25) is 14.4 Å². The zero-order valence-corrected chi connectivity index (χ0v) is 27.8. The third kappa shape index (κ3) is 16.4. The highest BCUT2D eigenvalue weighted by atomic mass is 33.1. The van der Waals surface area contributed by atoms with Crippen molar-refractivity contribution in [2.24, 2.45) is 5.92 Å².